The number of unbranched alkanes of at least 4 members (excludes halogenated alkanes) is 1. The molecule has 0 bridgehead atoms. The summed E-state index contributed by atoms with van der Waals surface area (Å²) in [6.45, 7) is 0.419. The molecule has 1 unspecified atom stereocenters. The van der Waals surface area contributed by atoms with Crippen LogP contribution in [0.4, 0.5) is 10.7 Å². The maximum absolute atomic E-state index is 12.8. The molecule has 3 aromatic rings. The molecule has 1 aromatic heterocycles. The molecular weight excluding hydrogens is 454 g/mol. The highest BCUT2D eigenvalue weighted by Gasteiger charge is 2.26. The summed E-state index contributed by atoms with van der Waals surface area (Å²) in [5.74, 6) is -1.09. The van der Waals surface area contributed by atoms with Gasteiger partial charge in [-0.15, -0.1) is 0 Å². The van der Waals surface area contributed by atoms with Crippen LogP contribution in [0.5, 0.6) is 0 Å². The number of alkyl carbamates (subject to hydrolysis) is 1. The lowest BCUT2D eigenvalue weighted by molar-refractivity contribution is -0.149. The van der Waals surface area contributed by atoms with Crippen LogP contribution in [0.3, 0.4) is 0 Å². The molecule has 4 N–H and O–H groups in total. The smallest absolute Gasteiger partial charge is 0.407 e. The molecule has 11 heteroatoms. The molecule has 1 atom stereocenters. The van der Waals surface area contributed by atoms with Crippen molar-refractivity contribution in [2.45, 2.75) is 38.5 Å². The lowest BCUT2D eigenvalue weighted by atomic mass is 10.1. The zero-order valence-electron chi connectivity index (χ0n) is 19.0. The third-order valence-corrected chi connectivity index (χ3v) is 5.07. The topological polar surface area (TPSA) is 158 Å². The van der Waals surface area contributed by atoms with Gasteiger partial charge < -0.3 is 20.5 Å². The second-order valence-electron chi connectivity index (χ2n) is 7.67. The highest BCUT2D eigenvalue weighted by atomic mass is 16.5. The van der Waals surface area contributed by atoms with Gasteiger partial charge in [0.15, 0.2) is 0 Å². The van der Waals surface area contributed by atoms with Gasteiger partial charge in [-0.25, -0.2) is 23.7 Å². The fourth-order valence-corrected chi connectivity index (χ4v) is 3.32. The summed E-state index contributed by atoms with van der Waals surface area (Å²) >= 11 is 0. The number of ether oxygens (including phenoxy) is 2. The van der Waals surface area contributed by atoms with Gasteiger partial charge in [-0.3, -0.25) is 4.98 Å². The first-order chi connectivity index (χ1) is 16.9. The normalized spacial score (nSPS) is 11.4. The van der Waals surface area contributed by atoms with E-state index in [2.05, 4.69) is 15.3 Å². The molecule has 1 heterocycles. The summed E-state index contributed by atoms with van der Waals surface area (Å²) in [6.07, 6.45) is 0.421. The zero-order chi connectivity index (χ0) is 25.0. The van der Waals surface area contributed by atoms with E-state index in [1.54, 1.807) is 24.3 Å². The Hall–Kier alpha value is -4.41. The monoisotopic (exact) mass is 481 g/mol. The van der Waals surface area contributed by atoms with Crippen molar-refractivity contribution >= 4 is 18.0 Å². The average molecular weight is 482 g/mol. The Bertz CT molecular complexity index is 1200. The second kappa shape index (κ2) is 12.7. The number of hydrogen-bond donors (Lipinski definition) is 3. The molecule has 0 aliphatic carbocycles. The number of nitrogen functional groups attached to an aromatic ring is 1. The van der Waals surface area contributed by atoms with Crippen LogP contribution in [0.2, 0.25) is 0 Å². The van der Waals surface area contributed by atoms with Crippen LogP contribution in [-0.4, -0.2) is 33.1 Å². The van der Waals surface area contributed by atoms with Crippen LogP contribution in [-0.2, 0) is 27.5 Å². The average Bonchev–Trinajstić information content (AvgIpc) is 2.85. The number of nitrogens with two attached hydrogens (primary N) is 1. The van der Waals surface area contributed by atoms with Crippen molar-refractivity contribution in [1.29, 1.82) is 0 Å². The number of H-pyrrole nitrogens is 1. The third kappa shape index (κ3) is 7.84. The van der Waals surface area contributed by atoms with Crippen molar-refractivity contribution in [1.82, 2.24) is 19.9 Å². The van der Waals surface area contributed by atoms with E-state index >= 15 is 0 Å². The molecule has 3 rings (SSSR count). The molecule has 2 aromatic carbocycles. The van der Waals surface area contributed by atoms with Crippen molar-refractivity contribution in [2.24, 2.45) is 0 Å². The van der Waals surface area contributed by atoms with Gasteiger partial charge >= 0.3 is 23.4 Å². The van der Waals surface area contributed by atoms with E-state index in [0.29, 0.717) is 17.4 Å². The number of aromatic amines is 1. The molecule has 0 saturated heterocycles. The lowest BCUT2D eigenvalue weighted by Gasteiger charge is -2.17. The molecule has 11 nitrogen and oxygen atoms in total. The quantitative estimate of drug-likeness (QED) is 0.277. The fraction of sp³-hybridized carbons (Fsp3) is 0.292. The number of benzene rings is 2. The first kappa shape index (κ1) is 25.2. The molecule has 0 aliphatic heterocycles. The summed E-state index contributed by atoms with van der Waals surface area (Å²) in [6, 6.07) is 17.1. The SMILES string of the molecule is Nc1nc(=O)n(C(CCCCNC(=O)OCc2ccccc2)C(=O)OCc2ccccc2)c(=O)[nH]1. The second-order valence-corrected chi connectivity index (χ2v) is 7.67. The van der Waals surface area contributed by atoms with E-state index in [9.17, 15) is 19.2 Å². The van der Waals surface area contributed by atoms with Crippen LogP contribution < -0.4 is 22.4 Å². The molecule has 184 valence electrons. The minimum atomic E-state index is -1.20. The van der Waals surface area contributed by atoms with E-state index in [0.717, 1.165) is 11.1 Å². The number of rotatable bonds is 11. The number of carbonyl (C=O) groups excluding carboxylic acids is 2. The van der Waals surface area contributed by atoms with Crippen molar-refractivity contribution in [3.8, 4) is 0 Å². The molecule has 0 radical (unpaired) electrons. The maximum atomic E-state index is 12.8. The zero-order valence-corrected chi connectivity index (χ0v) is 19.0. The minimum Gasteiger partial charge on any atom is -0.459 e. The van der Waals surface area contributed by atoms with Gasteiger partial charge in [0.05, 0.1) is 0 Å². The van der Waals surface area contributed by atoms with Crippen LogP contribution in [0.15, 0.2) is 70.3 Å². The number of nitrogens with zero attached hydrogens (tertiary/aromatic N) is 2. The number of aromatic nitrogens is 3. The van der Waals surface area contributed by atoms with Crippen LogP contribution in [0, 0.1) is 0 Å². The van der Waals surface area contributed by atoms with Gasteiger partial charge in [0.1, 0.15) is 19.3 Å². The van der Waals surface area contributed by atoms with Crippen molar-refractivity contribution in [2.75, 3.05) is 12.3 Å². The number of nitrogens with one attached hydrogen (secondary N) is 2. The van der Waals surface area contributed by atoms with Crippen LogP contribution >= 0.6 is 0 Å². The van der Waals surface area contributed by atoms with E-state index in [4.69, 9.17) is 15.2 Å². The Labute approximate surface area is 200 Å². The summed E-state index contributed by atoms with van der Waals surface area (Å²) in [4.78, 5) is 55.1. The third-order valence-electron chi connectivity index (χ3n) is 5.07. The summed E-state index contributed by atoms with van der Waals surface area (Å²) in [5, 5.41) is 2.63. The van der Waals surface area contributed by atoms with E-state index in [1.165, 1.54) is 0 Å². The summed E-state index contributed by atoms with van der Waals surface area (Å²) < 4.78 is 11.2. The molecule has 1 amide bonds. The Balaban J connectivity index is 1.54. The number of carbonyl (C=O) groups is 2. The minimum absolute atomic E-state index is 0.0138. The standard InChI is InChI=1S/C24H27N5O6/c25-21-27-22(31)29(23(32)28-21)19(20(30)34-15-17-9-3-1-4-10-17)13-7-8-14-26-24(33)35-16-18-11-5-2-6-12-18/h1-6,9-12,19H,7-8,13-16H2,(H,26,33)(H3,25,27,28,31,32). The van der Waals surface area contributed by atoms with Crippen LogP contribution in [0.1, 0.15) is 36.4 Å². The largest absolute Gasteiger partial charge is 0.459 e. The maximum Gasteiger partial charge on any atom is 0.407 e. The Kier molecular flexibility index (Phi) is 9.17. The van der Waals surface area contributed by atoms with Gasteiger partial charge in [0.25, 0.3) is 0 Å². The van der Waals surface area contributed by atoms with Crippen molar-refractivity contribution in [3.63, 3.8) is 0 Å². The molecule has 0 spiro atoms. The predicted octanol–water partition coefficient (Wildman–Crippen LogP) is 1.89. The summed E-state index contributed by atoms with van der Waals surface area (Å²) in [7, 11) is 0. The molecule has 0 aliphatic rings. The Morgan fingerprint density at radius 2 is 1.54 bits per heavy atom. The van der Waals surface area contributed by atoms with E-state index in [1.807, 2.05) is 36.4 Å². The predicted molar refractivity (Wildman–Crippen MR) is 127 cm³/mol. The van der Waals surface area contributed by atoms with E-state index < -0.39 is 29.5 Å². The molecule has 0 saturated carbocycles. The summed E-state index contributed by atoms with van der Waals surface area (Å²) in [5.41, 5.74) is 5.24. The Morgan fingerprint density at radius 3 is 2.14 bits per heavy atom. The highest BCUT2D eigenvalue weighted by molar-refractivity contribution is 5.74. The highest BCUT2D eigenvalue weighted by Crippen LogP contribution is 2.15. The van der Waals surface area contributed by atoms with Gasteiger partial charge in [0.2, 0.25) is 5.95 Å². The number of esters is 1. The lowest BCUT2D eigenvalue weighted by Crippen LogP contribution is -2.43. The van der Waals surface area contributed by atoms with Crippen molar-refractivity contribution in [3.05, 3.63) is 92.8 Å². The van der Waals surface area contributed by atoms with Crippen molar-refractivity contribution < 1.29 is 19.1 Å². The first-order valence-corrected chi connectivity index (χ1v) is 11.1. The van der Waals surface area contributed by atoms with E-state index in [-0.39, 0.29) is 32.1 Å². The molecular formula is C24H27N5O6. The number of anilines is 1. The molecule has 0 fully saturated rings. The van der Waals surface area contributed by atoms with Gasteiger partial charge in [-0.05, 0) is 30.4 Å². The van der Waals surface area contributed by atoms with Gasteiger partial charge in [-0.2, -0.15) is 4.98 Å². The fourth-order valence-electron chi connectivity index (χ4n) is 3.32. The number of amides is 1. The number of hydrogen-bond acceptors (Lipinski definition) is 8. The first-order valence-electron chi connectivity index (χ1n) is 11.1. The molecule has 35 heavy (non-hydrogen) atoms. The van der Waals surface area contributed by atoms with Crippen LogP contribution in [0.25, 0.3) is 0 Å². The Morgan fingerprint density at radius 1 is 0.943 bits per heavy atom. The van der Waals surface area contributed by atoms with Gasteiger partial charge in [-0.1, -0.05) is 60.7 Å². The van der Waals surface area contributed by atoms with Gasteiger partial charge in [0, 0.05) is 6.54 Å².